The molecule has 0 radical (unpaired) electrons. The Morgan fingerprint density at radius 2 is 0.922 bits per heavy atom. The standard InChI is InChI=1S/C39H32O12/c1-18-31(50-20(3)40)10-8-22-36(43)28(16-48-38(18)22)26-13-33(45-5)30(42)12-24(26)25-14-34(46-6)35(47-7)15-27(25)29-17-49-39-19(2)32(51-21(4)41)11-9-23(39)37(29)44/h8-17,42H,1-7H3. The third-order valence-electron chi connectivity index (χ3n) is 8.50. The number of benzene rings is 4. The molecule has 2 aromatic heterocycles. The molecule has 260 valence electrons. The number of rotatable bonds is 8. The zero-order valence-electron chi connectivity index (χ0n) is 28.7. The van der Waals surface area contributed by atoms with Crippen LogP contribution in [0.2, 0.25) is 0 Å². The molecule has 0 aliphatic heterocycles. The van der Waals surface area contributed by atoms with Crippen molar-refractivity contribution in [1.29, 1.82) is 0 Å². The van der Waals surface area contributed by atoms with Crippen LogP contribution >= 0.6 is 0 Å². The summed E-state index contributed by atoms with van der Waals surface area (Å²) < 4.78 is 39.2. The second-order valence-corrected chi connectivity index (χ2v) is 11.6. The van der Waals surface area contributed by atoms with Crippen LogP contribution in [0.1, 0.15) is 25.0 Å². The molecular weight excluding hydrogens is 660 g/mol. The fraction of sp³-hybridized carbons (Fsp3) is 0.179. The predicted molar refractivity (Wildman–Crippen MR) is 188 cm³/mol. The molecule has 0 saturated carbocycles. The summed E-state index contributed by atoms with van der Waals surface area (Å²) in [5.74, 6) is -0.130. The molecule has 12 heteroatoms. The van der Waals surface area contributed by atoms with E-state index in [1.54, 1.807) is 26.0 Å². The van der Waals surface area contributed by atoms with E-state index in [0.717, 1.165) is 0 Å². The van der Waals surface area contributed by atoms with Crippen LogP contribution in [0, 0.1) is 13.8 Å². The van der Waals surface area contributed by atoms with Crippen LogP contribution < -0.4 is 34.5 Å². The van der Waals surface area contributed by atoms with Gasteiger partial charge in [0.15, 0.2) is 23.0 Å². The molecule has 0 unspecified atom stereocenters. The Kier molecular flexibility index (Phi) is 9.01. The SMILES string of the molecule is COc1cc(-c2coc3c(C)c(OC(C)=O)ccc3c2=O)c(-c2cc(OC)c(OC)cc2-c2coc3c(C)c(OC(C)=O)ccc3c2=O)cc1O. The lowest BCUT2D eigenvalue weighted by Gasteiger charge is -2.19. The average Bonchev–Trinajstić information content (AvgIpc) is 3.10. The lowest BCUT2D eigenvalue weighted by atomic mass is 9.88. The van der Waals surface area contributed by atoms with E-state index in [1.807, 2.05) is 0 Å². The molecule has 0 amide bonds. The number of esters is 2. The number of aromatic hydroxyl groups is 1. The third-order valence-corrected chi connectivity index (χ3v) is 8.50. The number of fused-ring (bicyclic) bond motifs is 2. The van der Waals surface area contributed by atoms with Gasteiger partial charge in [-0.2, -0.15) is 0 Å². The third kappa shape index (κ3) is 6.01. The van der Waals surface area contributed by atoms with Crippen LogP contribution in [-0.4, -0.2) is 38.4 Å². The van der Waals surface area contributed by atoms with Gasteiger partial charge in [0.1, 0.15) is 35.2 Å². The second-order valence-electron chi connectivity index (χ2n) is 11.6. The fourth-order valence-electron chi connectivity index (χ4n) is 6.05. The Morgan fingerprint density at radius 1 is 0.549 bits per heavy atom. The molecular formula is C39H32O12. The van der Waals surface area contributed by atoms with Crippen LogP contribution in [0.3, 0.4) is 0 Å². The summed E-state index contributed by atoms with van der Waals surface area (Å²) in [5, 5.41) is 11.5. The van der Waals surface area contributed by atoms with Crippen LogP contribution in [0.4, 0.5) is 0 Å². The molecule has 0 fully saturated rings. The van der Waals surface area contributed by atoms with Gasteiger partial charge >= 0.3 is 11.9 Å². The molecule has 0 aliphatic rings. The summed E-state index contributed by atoms with van der Waals surface area (Å²) in [6, 6.07) is 12.2. The number of carbonyl (C=O) groups is 2. The van der Waals surface area contributed by atoms with Crippen molar-refractivity contribution in [3.63, 3.8) is 0 Å². The number of carbonyl (C=O) groups excluding carboxylic acids is 2. The Labute approximate surface area is 290 Å². The summed E-state index contributed by atoms with van der Waals surface area (Å²) in [7, 11) is 4.27. The van der Waals surface area contributed by atoms with E-state index >= 15 is 0 Å². The lowest BCUT2D eigenvalue weighted by molar-refractivity contribution is -0.132. The molecule has 51 heavy (non-hydrogen) atoms. The van der Waals surface area contributed by atoms with Crippen molar-refractivity contribution >= 4 is 33.9 Å². The number of ether oxygens (including phenoxy) is 5. The van der Waals surface area contributed by atoms with Crippen LogP contribution in [0.15, 0.2) is 79.5 Å². The topological polar surface area (TPSA) is 161 Å². The minimum absolute atomic E-state index is 0.0703. The lowest BCUT2D eigenvalue weighted by Crippen LogP contribution is -2.09. The summed E-state index contributed by atoms with van der Waals surface area (Å²) in [5.41, 5.74) is 2.05. The molecule has 6 aromatic rings. The van der Waals surface area contributed by atoms with Crippen LogP contribution in [-0.2, 0) is 9.59 Å². The van der Waals surface area contributed by atoms with Crippen molar-refractivity contribution in [2.45, 2.75) is 27.7 Å². The average molecular weight is 693 g/mol. The molecule has 12 nitrogen and oxygen atoms in total. The molecule has 0 aliphatic carbocycles. The van der Waals surface area contributed by atoms with Gasteiger partial charge in [0.05, 0.1) is 43.2 Å². The largest absolute Gasteiger partial charge is 0.504 e. The maximum Gasteiger partial charge on any atom is 0.308 e. The van der Waals surface area contributed by atoms with Crippen LogP contribution in [0.5, 0.6) is 34.5 Å². The predicted octanol–water partition coefficient (Wildman–Crippen LogP) is 7.10. The van der Waals surface area contributed by atoms with Gasteiger partial charge < -0.3 is 37.6 Å². The van der Waals surface area contributed by atoms with Gasteiger partial charge in [0, 0.05) is 36.1 Å². The van der Waals surface area contributed by atoms with E-state index in [4.69, 9.17) is 32.5 Å². The van der Waals surface area contributed by atoms with Crippen molar-refractivity contribution in [3.8, 4) is 67.9 Å². The van der Waals surface area contributed by atoms with E-state index in [2.05, 4.69) is 0 Å². The monoisotopic (exact) mass is 692 g/mol. The zero-order chi connectivity index (χ0) is 36.7. The van der Waals surface area contributed by atoms with Gasteiger partial charge in [-0.15, -0.1) is 0 Å². The minimum Gasteiger partial charge on any atom is -0.504 e. The normalized spacial score (nSPS) is 11.0. The number of phenols is 1. The summed E-state index contributed by atoms with van der Waals surface area (Å²) in [6.07, 6.45) is 2.57. The van der Waals surface area contributed by atoms with Gasteiger partial charge in [-0.1, -0.05) is 0 Å². The van der Waals surface area contributed by atoms with E-state index in [9.17, 15) is 24.3 Å². The first-order valence-corrected chi connectivity index (χ1v) is 15.5. The van der Waals surface area contributed by atoms with Crippen molar-refractivity contribution in [3.05, 3.63) is 92.6 Å². The van der Waals surface area contributed by atoms with Crippen molar-refractivity contribution in [2.75, 3.05) is 21.3 Å². The first-order chi connectivity index (χ1) is 24.4. The maximum atomic E-state index is 14.2. The van der Waals surface area contributed by atoms with E-state index in [1.165, 1.54) is 84.1 Å². The van der Waals surface area contributed by atoms with Gasteiger partial charge in [-0.25, -0.2) is 0 Å². The van der Waals surface area contributed by atoms with Gasteiger partial charge in [-0.05, 0) is 73.5 Å². The number of hydrogen-bond donors (Lipinski definition) is 1. The molecule has 0 saturated heterocycles. The quantitative estimate of drug-likeness (QED) is 0.127. The highest BCUT2D eigenvalue weighted by molar-refractivity contribution is 5.97. The van der Waals surface area contributed by atoms with Crippen molar-refractivity contribution in [2.24, 2.45) is 0 Å². The van der Waals surface area contributed by atoms with E-state index in [0.29, 0.717) is 44.9 Å². The zero-order valence-corrected chi connectivity index (χ0v) is 28.7. The summed E-state index contributed by atoms with van der Waals surface area (Å²) in [6.45, 7) is 5.89. The van der Waals surface area contributed by atoms with Crippen molar-refractivity contribution < 1.29 is 47.2 Å². The molecule has 4 aromatic carbocycles. The number of phenolic OH excluding ortho intramolecular Hbond substituents is 1. The molecule has 2 heterocycles. The van der Waals surface area contributed by atoms with E-state index in [-0.39, 0.29) is 56.1 Å². The second kappa shape index (κ2) is 13.4. The van der Waals surface area contributed by atoms with Crippen molar-refractivity contribution in [1.82, 2.24) is 0 Å². The Morgan fingerprint density at radius 3 is 1.31 bits per heavy atom. The smallest absolute Gasteiger partial charge is 0.308 e. The fourth-order valence-corrected chi connectivity index (χ4v) is 6.05. The summed E-state index contributed by atoms with van der Waals surface area (Å²) in [4.78, 5) is 51.6. The minimum atomic E-state index is -0.523. The first-order valence-electron chi connectivity index (χ1n) is 15.5. The Balaban J connectivity index is 1.65. The molecule has 6 rings (SSSR count). The molecule has 0 spiro atoms. The van der Waals surface area contributed by atoms with Gasteiger partial charge in [-0.3, -0.25) is 19.2 Å². The number of aryl methyl sites for hydroxylation is 2. The highest BCUT2D eigenvalue weighted by atomic mass is 16.5. The number of hydrogen-bond acceptors (Lipinski definition) is 12. The molecule has 0 atom stereocenters. The first kappa shape index (κ1) is 34.3. The maximum absolute atomic E-state index is 14.2. The highest BCUT2D eigenvalue weighted by Crippen LogP contribution is 2.46. The summed E-state index contributed by atoms with van der Waals surface area (Å²) >= 11 is 0. The Hall–Kier alpha value is -6.56. The van der Waals surface area contributed by atoms with Crippen LogP contribution in [0.25, 0.3) is 55.3 Å². The van der Waals surface area contributed by atoms with Gasteiger partial charge in [0.2, 0.25) is 10.9 Å². The number of methoxy groups -OCH3 is 3. The van der Waals surface area contributed by atoms with E-state index < -0.39 is 22.8 Å². The Bertz CT molecular complexity index is 2520. The molecule has 0 bridgehead atoms. The molecule has 1 N–H and O–H groups in total. The highest BCUT2D eigenvalue weighted by Gasteiger charge is 2.25. The van der Waals surface area contributed by atoms with Gasteiger partial charge in [0.25, 0.3) is 0 Å².